The first-order valence-corrected chi connectivity index (χ1v) is 5.67. The smallest absolute Gasteiger partial charge is 0.341 e. The van der Waals surface area contributed by atoms with Gasteiger partial charge in [0.25, 0.3) is 0 Å². The van der Waals surface area contributed by atoms with Crippen molar-refractivity contribution in [3.8, 4) is 0 Å². The van der Waals surface area contributed by atoms with Crippen LogP contribution in [0.4, 0.5) is 4.79 Å². The molecule has 0 aromatic rings. The third-order valence-electron chi connectivity index (χ3n) is 2.33. The molecule has 7 nitrogen and oxygen atoms in total. The van der Waals surface area contributed by atoms with E-state index in [0.29, 0.717) is 11.6 Å². The molecule has 0 aliphatic heterocycles. The van der Waals surface area contributed by atoms with Crippen molar-refractivity contribution in [1.29, 1.82) is 0 Å². The van der Waals surface area contributed by atoms with Crippen LogP contribution in [0, 0.1) is 4.91 Å². The van der Waals surface area contributed by atoms with E-state index < -0.39 is 18.0 Å². The zero-order valence-electron chi connectivity index (χ0n) is 10.2. The lowest BCUT2D eigenvalue weighted by Crippen LogP contribution is -2.45. The molecule has 1 unspecified atom stereocenters. The number of unbranched alkanes of at least 4 members (excludes halogenated alkanes) is 3. The third kappa shape index (κ3) is 5.84. The topological polar surface area (TPSA) is 99.1 Å². The number of aliphatic carboxylic acids is 1. The summed E-state index contributed by atoms with van der Waals surface area (Å²) in [5.74, 6) is -1.27. The molecule has 0 aromatic carbocycles. The molecule has 17 heavy (non-hydrogen) atoms. The molecule has 98 valence electrons. The number of carbonyl (C=O) groups is 2. The molecule has 7 heteroatoms. The highest BCUT2D eigenvalue weighted by atomic mass is 16.4. The fraction of sp³-hybridized carbons (Fsp3) is 0.800. The van der Waals surface area contributed by atoms with Gasteiger partial charge in [-0.2, -0.15) is 5.01 Å². The average Bonchev–Trinajstić information content (AvgIpc) is 2.29. The largest absolute Gasteiger partial charge is 0.480 e. The van der Waals surface area contributed by atoms with Crippen molar-refractivity contribution in [3.63, 3.8) is 0 Å². The number of hydrogen-bond donors (Lipinski definition) is 2. The maximum Gasteiger partial charge on any atom is 0.341 e. The Morgan fingerprint density at radius 1 is 1.35 bits per heavy atom. The van der Waals surface area contributed by atoms with Gasteiger partial charge in [0.1, 0.15) is 0 Å². The normalized spacial score (nSPS) is 11.6. The molecule has 0 rings (SSSR count). The van der Waals surface area contributed by atoms with E-state index in [1.165, 1.54) is 6.92 Å². The lowest BCUT2D eigenvalue weighted by Gasteiger charge is -2.17. The molecule has 0 aromatic heterocycles. The summed E-state index contributed by atoms with van der Waals surface area (Å²) in [5.41, 5.74) is 0. The molecule has 0 fully saturated rings. The van der Waals surface area contributed by atoms with Crippen LogP contribution in [0.5, 0.6) is 0 Å². The molecule has 0 spiro atoms. The standard InChI is InChI=1S/C10H19N3O4/c1-3-4-5-6-7-11-10(16)13(12-17)8(2)9(14)15/h8H,3-7H2,1-2H3,(H,11,16)(H,14,15). The molecule has 0 saturated heterocycles. The van der Waals surface area contributed by atoms with E-state index in [-0.39, 0.29) is 0 Å². The summed E-state index contributed by atoms with van der Waals surface area (Å²) in [6.07, 6.45) is 3.95. The second-order valence-corrected chi connectivity index (χ2v) is 3.73. The maximum atomic E-state index is 11.4. The fourth-order valence-corrected chi connectivity index (χ4v) is 1.22. The van der Waals surface area contributed by atoms with Crippen LogP contribution in [0.25, 0.3) is 0 Å². The highest BCUT2D eigenvalue weighted by Crippen LogP contribution is 2.02. The Hall–Kier alpha value is -1.66. The summed E-state index contributed by atoms with van der Waals surface area (Å²) in [4.78, 5) is 32.4. The van der Waals surface area contributed by atoms with Gasteiger partial charge >= 0.3 is 12.0 Å². The predicted octanol–water partition coefficient (Wildman–Crippen LogP) is 1.73. The van der Waals surface area contributed by atoms with Crippen molar-refractivity contribution < 1.29 is 14.7 Å². The molecule has 0 heterocycles. The molecule has 0 aliphatic rings. The van der Waals surface area contributed by atoms with Crippen LogP contribution in [0.3, 0.4) is 0 Å². The Bertz CT molecular complexity index is 270. The number of urea groups is 1. The minimum Gasteiger partial charge on any atom is -0.480 e. The van der Waals surface area contributed by atoms with E-state index in [2.05, 4.69) is 17.5 Å². The number of rotatable bonds is 8. The average molecular weight is 245 g/mol. The van der Waals surface area contributed by atoms with Crippen molar-refractivity contribution in [2.24, 2.45) is 5.29 Å². The number of carbonyl (C=O) groups excluding carboxylic acids is 1. The van der Waals surface area contributed by atoms with Gasteiger partial charge in [-0.1, -0.05) is 26.2 Å². The first-order chi connectivity index (χ1) is 8.04. The van der Waals surface area contributed by atoms with Crippen LogP contribution in [0.1, 0.15) is 39.5 Å². The second-order valence-electron chi connectivity index (χ2n) is 3.73. The highest BCUT2D eigenvalue weighted by molar-refractivity contribution is 5.81. The number of amides is 2. The van der Waals surface area contributed by atoms with Gasteiger partial charge in [0.2, 0.25) is 0 Å². The Balaban J connectivity index is 4.01. The first-order valence-electron chi connectivity index (χ1n) is 5.67. The quantitative estimate of drug-likeness (QED) is 0.386. The molecule has 1 atom stereocenters. The van der Waals surface area contributed by atoms with Gasteiger partial charge in [-0.05, 0) is 13.3 Å². The summed E-state index contributed by atoms with van der Waals surface area (Å²) in [6.45, 7) is 3.71. The minimum atomic E-state index is -1.27. The Labute approximate surface area is 100 Å². The number of carboxylic acid groups (broad SMARTS) is 1. The van der Waals surface area contributed by atoms with Gasteiger partial charge in [0.15, 0.2) is 6.04 Å². The molecule has 2 amide bonds. The Morgan fingerprint density at radius 2 is 2.00 bits per heavy atom. The van der Waals surface area contributed by atoms with Crippen molar-refractivity contribution >= 4 is 12.0 Å². The monoisotopic (exact) mass is 245 g/mol. The summed E-state index contributed by atoms with van der Waals surface area (Å²) in [6, 6.07) is -2.03. The lowest BCUT2D eigenvalue weighted by molar-refractivity contribution is -0.141. The van der Waals surface area contributed by atoms with Gasteiger partial charge in [-0.25, -0.2) is 9.59 Å². The minimum absolute atomic E-state index is 0.391. The zero-order chi connectivity index (χ0) is 13.3. The van der Waals surface area contributed by atoms with Crippen molar-refractivity contribution in [1.82, 2.24) is 10.3 Å². The van der Waals surface area contributed by atoms with Crippen molar-refractivity contribution in [2.75, 3.05) is 6.54 Å². The van der Waals surface area contributed by atoms with E-state index >= 15 is 0 Å². The van der Waals surface area contributed by atoms with E-state index in [1.807, 2.05) is 0 Å². The van der Waals surface area contributed by atoms with Gasteiger partial charge in [-0.3, -0.25) is 0 Å². The van der Waals surface area contributed by atoms with E-state index in [4.69, 9.17) is 5.11 Å². The third-order valence-corrected chi connectivity index (χ3v) is 2.33. The molecule has 0 saturated carbocycles. The summed E-state index contributed by atoms with van der Waals surface area (Å²) in [5, 5.41) is 13.9. The Kier molecular flexibility index (Phi) is 7.66. The molecular weight excluding hydrogens is 226 g/mol. The van der Waals surface area contributed by atoms with Crippen LogP contribution < -0.4 is 5.32 Å². The van der Waals surface area contributed by atoms with Gasteiger partial charge < -0.3 is 10.4 Å². The van der Waals surface area contributed by atoms with Crippen LogP contribution in [0.15, 0.2) is 5.29 Å². The number of carboxylic acids is 1. The van der Waals surface area contributed by atoms with Crippen LogP contribution in [-0.2, 0) is 4.79 Å². The molecule has 2 N–H and O–H groups in total. The number of hydrogen-bond acceptors (Lipinski definition) is 4. The van der Waals surface area contributed by atoms with E-state index in [1.54, 1.807) is 0 Å². The van der Waals surface area contributed by atoms with Crippen molar-refractivity contribution in [3.05, 3.63) is 4.91 Å². The van der Waals surface area contributed by atoms with Gasteiger partial charge in [-0.15, -0.1) is 4.91 Å². The van der Waals surface area contributed by atoms with Crippen LogP contribution in [-0.4, -0.2) is 34.7 Å². The van der Waals surface area contributed by atoms with E-state index in [0.717, 1.165) is 25.7 Å². The number of nitrogens with zero attached hydrogens (tertiary/aromatic N) is 2. The molecule has 0 radical (unpaired) electrons. The van der Waals surface area contributed by atoms with Crippen molar-refractivity contribution in [2.45, 2.75) is 45.6 Å². The number of nitrogens with one attached hydrogen (secondary N) is 1. The van der Waals surface area contributed by atoms with E-state index in [9.17, 15) is 14.5 Å². The Morgan fingerprint density at radius 3 is 2.47 bits per heavy atom. The summed E-state index contributed by atoms with van der Waals surface area (Å²) >= 11 is 0. The maximum absolute atomic E-state index is 11.4. The fourth-order valence-electron chi connectivity index (χ4n) is 1.22. The molecular formula is C10H19N3O4. The summed E-state index contributed by atoms with van der Waals surface area (Å²) < 4.78 is 0. The highest BCUT2D eigenvalue weighted by Gasteiger charge is 2.26. The first kappa shape index (κ1) is 15.3. The second kappa shape index (κ2) is 8.49. The summed E-state index contributed by atoms with van der Waals surface area (Å²) in [7, 11) is 0. The van der Waals surface area contributed by atoms with Crippen LogP contribution in [0.2, 0.25) is 0 Å². The molecule has 0 aliphatic carbocycles. The zero-order valence-corrected chi connectivity index (χ0v) is 10.2. The molecule has 0 bridgehead atoms. The number of nitroso groups, excluding NO2 is 1. The predicted molar refractivity (Wildman–Crippen MR) is 62.3 cm³/mol. The SMILES string of the molecule is CCCCCCNC(=O)N(N=O)C(C)C(=O)O. The lowest BCUT2D eigenvalue weighted by atomic mass is 10.2. The van der Waals surface area contributed by atoms with Gasteiger partial charge in [0.05, 0.1) is 5.29 Å². The van der Waals surface area contributed by atoms with Gasteiger partial charge in [0, 0.05) is 6.54 Å². The van der Waals surface area contributed by atoms with Crippen LogP contribution >= 0.6 is 0 Å².